The van der Waals surface area contributed by atoms with Crippen LogP contribution in [0.1, 0.15) is 18.9 Å². The van der Waals surface area contributed by atoms with E-state index in [2.05, 4.69) is 27.0 Å². The fourth-order valence-corrected chi connectivity index (χ4v) is 2.32. The third kappa shape index (κ3) is 3.78. The number of methoxy groups -OCH3 is 2. The molecule has 0 amide bonds. The van der Waals surface area contributed by atoms with E-state index in [0.29, 0.717) is 6.04 Å². The average Bonchev–Trinajstić information content (AvgIpc) is 2.53. The molecule has 6 heteroatoms. The fourth-order valence-electron chi connectivity index (χ4n) is 2.32. The van der Waals surface area contributed by atoms with Crippen LogP contribution in [0.2, 0.25) is 0 Å². The van der Waals surface area contributed by atoms with Crippen LogP contribution in [0.4, 0.5) is 11.4 Å². The standard InChI is InChI=1S/C16H20N2O4/c1-10-4-5-11-8-12(6-7-13(11)17-10)18-14(16(20)22-3)9-15(19)21-2/h6-10,17-18H,4-5H2,1-3H3/b14-9+. The highest BCUT2D eigenvalue weighted by molar-refractivity contribution is 5.98. The molecule has 0 aromatic heterocycles. The van der Waals surface area contributed by atoms with Crippen LogP contribution in [0.25, 0.3) is 0 Å². The Morgan fingerprint density at radius 1 is 1.32 bits per heavy atom. The van der Waals surface area contributed by atoms with Gasteiger partial charge in [-0.15, -0.1) is 0 Å². The van der Waals surface area contributed by atoms with Gasteiger partial charge in [0.15, 0.2) is 0 Å². The highest BCUT2D eigenvalue weighted by atomic mass is 16.5. The number of anilines is 2. The molecule has 2 N–H and O–H groups in total. The fraction of sp³-hybridized carbons (Fsp3) is 0.375. The molecule has 1 heterocycles. The van der Waals surface area contributed by atoms with Crippen molar-refractivity contribution >= 4 is 23.3 Å². The van der Waals surface area contributed by atoms with Gasteiger partial charge in [0.1, 0.15) is 5.70 Å². The summed E-state index contributed by atoms with van der Waals surface area (Å²) >= 11 is 0. The summed E-state index contributed by atoms with van der Waals surface area (Å²) in [5, 5.41) is 6.32. The van der Waals surface area contributed by atoms with Crippen LogP contribution in [-0.4, -0.2) is 32.2 Å². The monoisotopic (exact) mass is 304 g/mol. The number of rotatable bonds is 4. The van der Waals surface area contributed by atoms with Crippen molar-refractivity contribution in [3.63, 3.8) is 0 Å². The second-order valence-corrected chi connectivity index (χ2v) is 5.15. The molecule has 0 saturated carbocycles. The number of hydrogen-bond donors (Lipinski definition) is 2. The topological polar surface area (TPSA) is 76.7 Å². The Kier molecular flexibility index (Phi) is 5.04. The van der Waals surface area contributed by atoms with Crippen LogP contribution in [0.5, 0.6) is 0 Å². The van der Waals surface area contributed by atoms with Crippen molar-refractivity contribution in [2.45, 2.75) is 25.8 Å². The van der Waals surface area contributed by atoms with Crippen molar-refractivity contribution in [2.24, 2.45) is 0 Å². The van der Waals surface area contributed by atoms with Crippen molar-refractivity contribution in [3.05, 3.63) is 35.5 Å². The summed E-state index contributed by atoms with van der Waals surface area (Å²) in [5.41, 5.74) is 3.02. The molecule has 0 spiro atoms. The van der Waals surface area contributed by atoms with Crippen molar-refractivity contribution in [1.29, 1.82) is 0 Å². The Bertz CT molecular complexity index is 610. The number of fused-ring (bicyclic) bond motifs is 1. The van der Waals surface area contributed by atoms with Crippen LogP contribution in [0.15, 0.2) is 30.0 Å². The van der Waals surface area contributed by atoms with Gasteiger partial charge in [0.2, 0.25) is 0 Å². The molecule has 1 aliphatic heterocycles. The van der Waals surface area contributed by atoms with E-state index < -0.39 is 11.9 Å². The van der Waals surface area contributed by atoms with E-state index in [1.165, 1.54) is 19.8 Å². The summed E-state index contributed by atoms with van der Waals surface area (Å²) < 4.78 is 9.21. The van der Waals surface area contributed by atoms with Crippen LogP contribution < -0.4 is 10.6 Å². The van der Waals surface area contributed by atoms with Crippen LogP contribution >= 0.6 is 0 Å². The molecule has 0 saturated heterocycles. The maximum Gasteiger partial charge on any atom is 0.354 e. The lowest BCUT2D eigenvalue weighted by molar-refractivity contribution is -0.138. The van der Waals surface area contributed by atoms with E-state index in [1.54, 1.807) is 0 Å². The summed E-state index contributed by atoms with van der Waals surface area (Å²) in [6.07, 6.45) is 3.09. The number of carbonyl (C=O) groups excluding carboxylic acids is 2. The molecule has 6 nitrogen and oxygen atoms in total. The van der Waals surface area contributed by atoms with Gasteiger partial charge >= 0.3 is 11.9 Å². The number of ether oxygens (including phenoxy) is 2. The average molecular weight is 304 g/mol. The summed E-state index contributed by atoms with van der Waals surface area (Å²) in [7, 11) is 2.51. The Labute approximate surface area is 129 Å². The Hall–Kier alpha value is -2.50. The molecule has 1 aliphatic rings. The molecule has 2 rings (SSSR count). The number of esters is 2. The predicted octanol–water partition coefficient (Wildman–Crippen LogP) is 2.08. The second kappa shape index (κ2) is 6.98. The van der Waals surface area contributed by atoms with Gasteiger partial charge in [-0.05, 0) is 43.5 Å². The van der Waals surface area contributed by atoms with E-state index in [1.807, 2.05) is 18.2 Å². The van der Waals surface area contributed by atoms with Crippen molar-refractivity contribution in [2.75, 3.05) is 24.9 Å². The molecule has 22 heavy (non-hydrogen) atoms. The molecule has 0 bridgehead atoms. The van der Waals surface area contributed by atoms with Crippen LogP contribution in [-0.2, 0) is 25.5 Å². The Morgan fingerprint density at radius 3 is 2.77 bits per heavy atom. The van der Waals surface area contributed by atoms with E-state index in [0.717, 1.165) is 30.3 Å². The van der Waals surface area contributed by atoms with E-state index in [-0.39, 0.29) is 5.70 Å². The van der Waals surface area contributed by atoms with E-state index >= 15 is 0 Å². The van der Waals surface area contributed by atoms with Crippen LogP contribution in [0, 0.1) is 0 Å². The number of benzene rings is 1. The van der Waals surface area contributed by atoms with Gasteiger partial charge in [-0.1, -0.05) is 0 Å². The van der Waals surface area contributed by atoms with Gasteiger partial charge in [-0.3, -0.25) is 0 Å². The van der Waals surface area contributed by atoms with Gasteiger partial charge in [0, 0.05) is 17.4 Å². The zero-order valence-corrected chi connectivity index (χ0v) is 12.9. The lowest BCUT2D eigenvalue weighted by Gasteiger charge is -2.24. The van der Waals surface area contributed by atoms with E-state index in [4.69, 9.17) is 0 Å². The van der Waals surface area contributed by atoms with Gasteiger partial charge in [-0.2, -0.15) is 0 Å². The third-order valence-electron chi connectivity index (χ3n) is 3.50. The Balaban J connectivity index is 2.22. The molecular formula is C16H20N2O4. The molecular weight excluding hydrogens is 284 g/mol. The van der Waals surface area contributed by atoms with Crippen LogP contribution in [0.3, 0.4) is 0 Å². The maximum atomic E-state index is 11.7. The van der Waals surface area contributed by atoms with Gasteiger partial charge in [0.05, 0.1) is 20.3 Å². The molecule has 0 radical (unpaired) electrons. The number of hydrogen-bond acceptors (Lipinski definition) is 6. The summed E-state index contributed by atoms with van der Waals surface area (Å²) in [6.45, 7) is 2.14. The first-order valence-corrected chi connectivity index (χ1v) is 7.08. The van der Waals surface area contributed by atoms with Gasteiger partial charge in [0.25, 0.3) is 0 Å². The molecule has 0 fully saturated rings. The highest BCUT2D eigenvalue weighted by Crippen LogP contribution is 2.28. The minimum Gasteiger partial charge on any atom is -0.466 e. The summed E-state index contributed by atoms with van der Waals surface area (Å²) in [5.74, 6) is -1.25. The van der Waals surface area contributed by atoms with Gasteiger partial charge in [-0.25, -0.2) is 9.59 Å². The van der Waals surface area contributed by atoms with Crippen molar-refractivity contribution in [3.8, 4) is 0 Å². The number of nitrogens with one attached hydrogen (secondary N) is 2. The molecule has 118 valence electrons. The zero-order valence-electron chi connectivity index (χ0n) is 12.9. The minimum atomic E-state index is -0.630. The number of carbonyl (C=O) groups is 2. The second-order valence-electron chi connectivity index (χ2n) is 5.15. The largest absolute Gasteiger partial charge is 0.466 e. The highest BCUT2D eigenvalue weighted by Gasteiger charge is 2.16. The quantitative estimate of drug-likeness (QED) is 0.655. The number of aryl methyl sites for hydroxylation is 1. The van der Waals surface area contributed by atoms with Crippen molar-refractivity contribution < 1.29 is 19.1 Å². The third-order valence-corrected chi connectivity index (χ3v) is 3.50. The first-order valence-electron chi connectivity index (χ1n) is 7.08. The molecule has 1 unspecified atom stereocenters. The first kappa shape index (κ1) is 15.9. The zero-order chi connectivity index (χ0) is 16.1. The lowest BCUT2D eigenvalue weighted by atomic mass is 9.98. The van der Waals surface area contributed by atoms with Crippen molar-refractivity contribution in [1.82, 2.24) is 0 Å². The lowest BCUT2D eigenvalue weighted by Crippen LogP contribution is -2.22. The summed E-state index contributed by atoms with van der Waals surface area (Å²) in [6, 6.07) is 6.22. The molecule has 0 aliphatic carbocycles. The smallest absolute Gasteiger partial charge is 0.354 e. The molecule has 1 aromatic carbocycles. The molecule has 1 aromatic rings. The SMILES string of the molecule is COC(=O)/C=C(/Nc1ccc2c(c1)CCC(C)N2)C(=O)OC. The summed E-state index contributed by atoms with van der Waals surface area (Å²) in [4.78, 5) is 23.1. The first-order chi connectivity index (χ1) is 10.5. The van der Waals surface area contributed by atoms with E-state index in [9.17, 15) is 9.59 Å². The molecule has 1 atom stereocenters. The maximum absolute atomic E-state index is 11.7. The Morgan fingerprint density at radius 2 is 2.09 bits per heavy atom. The van der Waals surface area contributed by atoms with Gasteiger partial charge < -0.3 is 20.1 Å². The normalized spacial score (nSPS) is 17.0. The minimum absolute atomic E-state index is 0.0337. The predicted molar refractivity (Wildman–Crippen MR) is 83.6 cm³/mol.